The molecule has 2 N–H and O–H groups in total. The molecule has 0 amide bonds. The van der Waals surface area contributed by atoms with E-state index in [4.69, 9.17) is 14.6 Å². The molecule has 1 fully saturated rings. The van der Waals surface area contributed by atoms with Gasteiger partial charge in [0, 0.05) is 37.0 Å². The lowest BCUT2D eigenvalue weighted by molar-refractivity contribution is -0.192. The standard InChI is InChI=1S/C21H25N5O2.C2HF3O2/c1-15-4-3-5-16(12-15)20-17(13-22-23-20)14-25-9-6-18(7-10-25)26-11-8-19(24-26)21(27)28-2;3-2(4,5)1(6)7/h3-5,8,11-13,18H,6-7,9-10,14H2,1-2H3,(H,22,23);(H,6,7). The van der Waals surface area contributed by atoms with Crippen molar-refractivity contribution in [3.63, 3.8) is 0 Å². The maximum Gasteiger partial charge on any atom is 0.490 e. The second-order valence-electron chi connectivity index (χ2n) is 8.12. The van der Waals surface area contributed by atoms with Gasteiger partial charge in [-0.05, 0) is 31.9 Å². The number of benzene rings is 1. The number of alkyl halides is 3. The summed E-state index contributed by atoms with van der Waals surface area (Å²) in [6.45, 7) is 4.94. The van der Waals surface area contributed by atoms with Crippen molar-refractivity contribution in [3.05, 3.63) is 59.5 Å². The van der Waals surface area contributed by atoms with Gasteiger partial charge in [-0.15, -0.1) is 0 Å². The fourth-order valence-electron chi connectivity index (χ4n) is 3.82. The molecule has 1 aliphatic rings. The fourth-order valence-corrected chi connectivity index (χ4v) is 3.82. The summed E-state index contributed by atoms with van der Waals surface area (Å²) >= 11 is 0. The van der Waals surface area contributed by atoms with E-state index in [1.54, 1.807) is 6.07 Å². The van der Waals surface area contributed by atoms with Gasteiger partial charge in [-0.1, -0.05) is 23.8 Å². The van der Waals surface area contributed by atoms with Crippen LogP contribution in [0.4, 0.5) is 13.2 Å². The number of halogens is 3. The number of carboxylic acids is 1. The maximum atomic E-state index is 11.6. The van der Waals surface area contributed by atoms with Gasteiger partial charge in [0.1, 0.15) is 0 Å². The van der Waals surface area contributed by atoms with E-state index in [0.717, 1.165) is 38.2 Å². The number of aliphatic carboxylic acids is 1. The second kappa shape index (κ2) is 11.2. The summed E-state index contributed by atoms with van der Waals surface area (Å²) in [5.41, 5.74) is 5.10. The number of aromatic nitrogens is 4. The Bertz CT molecular complexity index is 1150. The molecule has 0 spiro atoms. The Morgan fingerprint density at radius 2 is 1.91 bits per heavy atom. The Balaban J connectivity index is 0.000000429. The molecular formula is C23H26F3N5O4. The number of hydrogen-bond donors (Lipinski definition) is 2. The van der Waals surface area contributed by atoms with Gasteiger partial charge in [-0.3, -0.25) is 14.7 Å². The van der Waals surface area contributed by atoms with Crippen LogP contribution in [0.2, 0.25) is 0 Å². The van der Waals surface area contributed by atoms with Crippen LogP contribution < -0.4 is 0 Å². The predicted molar refractivity (Wildman–Crippen MR) is 120 cm³/mol. The summed E-state index contributed by atoms with van der Waals surface area (Å²) < 4.78 is 38.4. The van der Waals surface area contributed by atoms with Crippen molar-refractivity contribution >= 4 is 11.9 Å². The number of esters is 1. The van der Waals surface area contributed by atoms with Crippen LogP contribution in [-0.2, 0) is 16.1 Å². The van der Waals surface area contributed by atoms with Gasteiger partial charge in [0.25, 0.3) is 0 Å². The van der Waals surface area contributed by atoms with Crippen LogP contribution >= 0.6 is 0 Å². The molecule has 0 bridgehead atoms. The van der Waals surface area contributed by atoms with Crippen LogP contribution in [0, 0.1) is 6.92 Å². The van der Waals surface area contributed by atoms with Crippen molar-refractivity contribution in [1.82, 2.24) is 24.9 Å². The molecule has 1 aromatic carbocycles. The van der Waals surface area contributed by atoms with Crippen LogP contribution in [-0.4, -0.2) is 68.3 Å². The number of nitrogens with zero attached hydrogens (tertiary/aromatic N) is 4. The van der Waals surface area contributed by atoms with Crippen molar-refractivity contribution in [2.45, 2.75) is 38.5 Å². The number of nitrogens with one attached hydrogen (secondary N) is 1. The average molecular weight is 493 g/mol. The molecule has 0 unspecified atom stereocenters. The van der Waals surface area contributed by atoms with Crippen molar-refractivity contribution in [2.24, 2.45) is 0 Å². The number of ether oxygens (including phenoxy) is 1. The van der Waals surface area contributed by atoms with E-state index < -0.39 is 12.1 Å². The third-order valence-electron chi connectivity index (χ3n) is 5.60. The molecule has 12 heteroatoms. The lowest BCUT2D eigenvalue weighted by Crippen LogP contribution is -2.34. The van der Waals surface area contributed by atoms with E-state index >= 15 is 0 Å². The normalized spacial score (nSPS) is 14.8. The molecule has 3 aromatic rings. The third kappa shape index (κ3) is 6.92. The van der Waals surface area contributed by atoms with E-state index in [1.165, 1.54) is 23.8 Å². The van der Waals surface area contributed by atoms with Crippen molar-refractivity contribution in [3.8, 4) is 11.3 Å². The van der Waals surface area contributed by atoms with Crippen LogP contribution in [0.3, 0.4) is 0 Å². The quantitative estimate of drug-likeness (QED) is 0.519. The minimum absolute atomic E-state index is 0.315. The molecular weight excluding hydrogens is 467 g/mol. The molecule has 188 valence electrons. The molecule has 0 atom stereocenters. The van der Waals surface area contributed by atoms with E-state index in [2.05, 4.69) is 51.4 Å². The number of hydrogen-bond acceptors (Lipinski definition) is 6. The van der Waals surface area contributed by atoms with Gasteiger partial charge in [-0.25, -0.2) is 9.59 Å². The van der Waals surface area contributed by atoms with Crippen molar-refractivity contribution < 1.29 is 32.6 Å². The number of aryl methyl sites for hydroxylation is 1. The summed E-state index contributed by atoms with van der Waals surface area (Å²) in [5, 5.41) is 18.9. The third-order valence-corrected chi connectivity index (χ3v) is 5.60. The number of carboxylic acid groups (broad SMARTS) is 1. The first kappa shape index (κ1) is 25.9. The minimum Gasteiger partial charge on any atom is -0.475 e. The molecule has 2 aromatic heterocycles. The molecule has 4 rings (SSSR count). The Morgan fingerprint density at radius 3 is 2.51 bits per heavy atom. The van der Waals surface area contributed by atoms with Gasteiger partial charge in [0.05, 0.1) is 25.0 Å². The van der Waals surface area contributed by atoms with Crippen LogP contribution in [0.15, 0.2) is 42.7 Å². The molecule has 3 heterocycles. The fraction of sp³-hybridized carbons (Fsp3) is 0.391. The van der Waals surface area contributed by atoms with E-state index in [9.17, 15) is 18.0 Å². The smallest absolute Gasteiger partial charge is 0.475 e. The first-order chi connectivity index (χ1) is 16.6. The Morgan fingerprint density at radius 1 is 1.23 bits per heavy atom. The summed E-state index contributed by atoms with van der Waals surface area (Å²) in [4.78, 5) is 22.9. The summed E-state index contributed by atoms with van der Waals surface area (Å²) in [6, 6.07) is 10.5. The Kier molecular flexibility index (Phi) is 8.28. The van der Waals surface area contributed by atoms with Gasteiger partial charge < -0.3 is 9.84 Å². The van der Waals surface area contributed by atoms with Crippen LogP contribution in [0.1, 0.15) is 40.5 Å². The molecule has 0 radical (unpaired) electrons. The topological polar surface area (TPSA) is 113 Å². The van der Waals surface area contributed by atoms with Crippen LogP contribution in [0.25, 0.3) is 11.3 Å². The largest absolute Gasteiger partial charge is 0.490 e. The zero-order valence-electron chi connectivity index (χ0n) is 19.2. The molecule has 0 aliphatic carbocycles. The van der Waals surface area contributed by atoms with Crippen LogP contribution in [0.5, 0.6) is 0 Å². The number of H-pyrrole nitrogens is 1. The summed E-state index contributed by atoms with van der Waals surface area (Å²) in [6.07, 6.45) is 0.720. The summed E-state index contributed by atoms with van der Waals surface area (Å²) in [5.74, 6) is -3.15. The van der Waals surface area contributed by atoms with Gasteiger partial charge >= 0.3 is 18.1 Å². The number of piperidine rings is 1. The maximum absolute atomic E-state index is 11.6. The number of carbonyl (C=O) groups is 2. The number of rotatable bonds is 5. The number of aromatic amines is 1. The Hall–Kier alpha value is -3.67. The first-order valence-corrected chi connectivity index (χ1v) is 10.8. The SMILES string of the molecule is COC(=O)c1ccn(C2CCN(Cc3cn[nH]c3-c3cccc(C)c3)CC2)n1.O=C(O)C(F)(F)F. The minimum atomic E-state index is -5.08. The first-order valence-electron chi connectivity index (χ1n) is 10.8. The zero-order chi connectivity index (χ0) is 25.6. The number of carbonyl (C=O) groups excluding carboxylic acids is 1. The number of methoxy groups -OCH3 is 1. The highest BCUT2D eigenvalue weighted by molar-refractivity contribution is 5.86. The highest BCUT2D eigenvalue weighted by Gasteiger charge is 2.38. The van der Waals surface area contributed by atoms with E-state index in [-0.39, 0.29) is 5.97 Å². The van der Waals surface area contributed by atoms with Crippen molar-refractivity contribution in [1.29, 1.82) is 0 Å². The van der Waals surface area contributed by atoms with E-state index in [1.807, 2.05) is 17.1 Å². The van der Waals surface area contributed by atoms with Gasteiger partial charge in [0.2, 0.25) is 0 Å². The zero-order valence-corrected chi connectivity index (χ0v) is 19.2. The average Bonchev–Trinajstić information content (AvgIpc) is 3.49. The highest BCUT2D eigenvalue weighted by atomic mass is 19.4. The lowest BCUT2D eigenvalue weighted by atomic mass is 10.0. The van der Waals surface area contributed by atoms with Gasteiger partial charge in [-0.2, -0.15) is 23.4 Å². The second-order valence-corrected chi connectivity index (χ2v) is 8.12. The molecule has 1 saturated heterocycles. The molecule has 35 heavy (non-hydrogen) atoms. The predicted octanol–water partition coefficient (Wildman–Crippen LogP) is 3.84. The van der Waals surface area contributed by atoms with Crippen molar-refractivity contribution in [2.75, 3.05) is 20.2 Å². The summed E-state index contributed by atoms with van der Waals surface area (Å²) in [7, 11) is 1.38. The molecule has 0 saturated carbocycles. The van der Waals surface area contributed by atoms with Gasteiger partial charge in [0.15, 0.2) is 5.69 Å². The highest BCUT2D eigenvalue weighted by Crippen LogP contribution is 2.27. The van der Waals surface area contributed by atoms with E-state index in [0.29, 0.717) is 11.7 Å². The number of likely N-dealkylation sites (tertiary alicyclic amines) is 1. The monoisotopic (exact) mass is 493 g/mol. The lowest BCUT2D eigenvalue weighted by Gasteiger charge is -2.32. The molecule has 1 aliphatic heterocycles. The Labute approximate surface area is 199 Å². The molecule has 9 nitrogen and oxygen atoms in total.